The lowest BCUT2D eigenvalue weighted by atomic mass is 10.1. The van der Waals surface area contributed by atoms with E-state index in [9.17, 15) is 13.2 Å². The summed E-state index contributed by atoms with van der Waals surface area (Å²) in [7, 11) is -2.66. The van der Waals surface area contributed by atoms with E-state index in [4.69, 9.17) is 10.00 Å². The largest absolute Gasteiger partial charge is 0.465 e. The first-order valence-corrected chi connectivity index (χ1v) is 9.49. The lowest BCUT2D eigenvalue weighted by Crippen LogP contribution is -2.33. The number of methoxy groups -OCH3 is 1. The molecule has 0 saturated carbocycles. The minimum absolute atomic E-state index is 0.0811. The Hall–Kier alpha value is -2.85. The molecule has 0 amide bonds. The Balaban J connectivity index is 2.56. The van der Waals surface area contributed by atoms with Crippen molar-refractivity contribution in [3.63, 3.8) is 0 Å². The van der Waals surface area contributed by atoms with E-state index in [1.807, 2.05) is 13.0 Å². The van der Waals surface area contributed by atoms with Crippen molar-refractivity contribution in [2.45, 2.75) is 24.7 Å². The molecule has 0 N–H and O–H groups in total. The van der Waals surface area contributed by atoms with Gasteiger partial charge < -0.3 is 4.74 Å². The van der Waals surface area contributed by atoms with Gasteiger partial charge in [-0.25, -0.2) is 13.2 Å². The van der Waals surface area contributed by atoms with Gasteiger partial charge in [0, 0.05) is 13.0 Å². The fourth-order valence-electron chi connectivity index (χ4n) is 2.48. The van der Waals surface area contributed by atoms with E-state index < -0.39 is 16.0 Å². The first kappa shape index (κ1) is 19.5. The third-order valence-electron chi connectivity index (χ3n) is 3.84. The number of hydrogen-bond acceptors (Lipinski definition) is 5. The lowest BCUT2D eigenvalue weighted by molar-refractivity contribution is 0.0601. The maximum Gasteiger partial charge on any atom is 0.340 e. The normalized spacial score (nSPS) is 10.8. The van der Waals surface area contributed by atoms with Gasteiger partial charge >= 0.3 is 5.97 Å². The number of nitrogens with zero attached hydrogens (tertiary/aromatic N) is 2. The summed E-state index contributed by atoms with van der Waals surface area (Å²) in [6.07, 6.45) is 0.553. The molecule has 0 aromatic heterocycles. The third kappa shape index (κ3) is 4.21. The van der Waals surface area contributed by atoms with Gasteiger partial charge in [0.05, 0.1) is 29.3 Å². The summed E-state index contributed by atoms with van der Waals surface area (Å²) in [6, 6.07) is 14.9. The van der Waals surface area contributed by atoms with E-state index in [0.29, 0.717) is 6.42 Å². The van der Waals surface area contributed by atoms with Gasteiger partial charge in [-0.15, -0.1) is 0 Å². The van der Waals surface area contributed by atoms with Crippen molar-refractivity contribution < 1.29 is 17.9 Å². The van der Waals surface area contributed by atoms with Crippen molar-refractivity contribution >= 4 is 21.7 Å². The first-order valence-electron chi connectivity index (χ1n) is 8.05. The van der Waals surface area contributed by atoms with Crippen molar-refractivity contribution in [2.75, 3.05) is 18.0 Å². The van der Waals surface area contributed by atoms with Crippen molar-refractivity contribution in [2.24, 2.45) is 0 Å². The highest BCUT2D eigenvalue weighted by Gasteiger charge is 2.28. The number of sulfonamides is 1. The van der Waals surface area contributed by atoms with E-state index in [0.717, 1.165) is 5.56 Å². The molecule has 26 heavy (non-hydrogen) atoms. The van der Waals surface area contributed by atoms with Gasteiger partial charge in [0.25, 0.3) is 10.0 Å². The Morgan fingerprint density at radius 1 is 1.15 bits per heavy atom. The number of carbonyl (C=O) groups excluding carboxylic acids is 1. The van der Waals surface area contributed by atoms with E-state index in [1.165, 1.54) is 29.6 Å². The molecule has 2 aromatic carbocycles. The number of para-hydroxylation sites is 1. The Kier molecular flexibility index (Phi) is 6.36. The van der Waals surface area contributed by atoms with E-state index in [2.05, 4.69) is 0 Å². The van der Waals surface area contributed by atoms with Crippen molar-refractivity contribution in [3.05, 3.63) is 59.7 Å². The average Bonchev–Trinajstić information content (AvgIpc) is 2.65. The zero-order chi connectivity index (χ0) is 19.2. The van der Waals surface area contributed by atoms with Crippen LogP contribution >= 0.6 is 0 Å². The van der Waals surface area contributed by atoms with Crippen LogP contribution in [-0.4, -0.2) is 28.0 Å². The SMILES string of the molecule is COC(=O)c1ccccc1N(CCCC#N)S(=O)(=O)c1ccc(C)cc1. The predicted molar refractivity (Wildman–Crippen MR) is 98.3 cm³/mol. The minimum atomic E-state index is -3.90. The molecule has 0 saturated heterocycles. The molecule has 0 aliphatic rings. The minimum Gasteiger partial charge on any atom is -0.465 e. The average molecular weight is 372 g/mol. The Labute approximate surface area is 153 Å². The number of aryl methyl sites for hydroxylation is 1. The zero-order valence-electron chi connectivity index (χ0n) is 14.7. The van der Waals surface area contributed by atoms with Crippen LogP contribution in [0.15, 0.2) is 53.4 Å². The van der Waals surface area contributed by atoms with Crippen LogP contribution in [0.2, 0.25) is 0 Å². The van der Waals surface area contributed by atoms with Gasteiger partial charge in [0.2, 0.25) is 0 Å². The van der Waals surface area contributed by atoms with Crippen LogP contribution in [0.5, 0.6) is 0 Å². The van der Waals surface area contributed by atoms with Crippen LogP contribution in [-0.2, 0) is 14.8 Å². The van der Waals surface area contributed by atoms with Crippen molar-refractivity contribution in [1.82, 2.24) is 0 Å². The molecular weight excluding hydrogens is 352 g/mol. The molecule has 0 aliphatic heterocycles. The Morgan fingerprint density at radius 2 is 1.81 bits per heavy atom. The Bertz CT molecular complexity index is 915. The highest BCUT2D eigenvalue weighted by molar-refractivity contribution is 7.92. The van der Waals surface area contributed by atoms with Gasteiger partial charge in [-0.1, -0.05) is 29.8 Å². The number of carbonyl (C=O) groups is 1. The van der Waals surface area contributed by atoms with Crippen LogP contribution < -0.4 is 4.31 Å². The van der Waals surface area contributed by atoms with Crippen molar-refractivity contribution in [3.8, 4) is 6.07 Å². The highest BCUT2D eigenvalue weighted by atomic mass is 32.2. The number of ether oxygens (including phenoxy) is 1. The van der Waals surface area contributed by atoms with Gasteiger partial charge in [-0.3, -0.25) is 4.31 Å². The second-order valence-corrected chi connectivity index (χ2v) is 7.52. The fraction of sp³-hybridized carbons (Fsp3) is 0.263. The van der Waals surface area contributed by atoms with Crippen LogP contribution in [0.1, 0.15) is 28.8 Å². The number of benzene rings is 2. The lowest BCUT2D eigenvalue weighted by Gasteiger charge is -2.26. The van der Waals surface area contributed by atoms with Crippen LogP contribution in [0.25, 0.3) is 0 Å². The van der Waals surface area contributed by atoms with Gasteiger partial charge in [0.1, 0.15) is 0 Å². The number of unbranched alkanes of at least 4 members (excludes halogenated alkanes) is 1. The molecule has 2 aromatic rings. The molecule has 0 bridgehead atoms. The molecule has 2 rings (SSSR count). The smallest absolute Gasteiger partial charge is 0.340 e. The fourth-order valence-corrected chi connectivity index (χ4v) is 4.01. The van der Waals surface area contributed by atoms with Crippen LogP contribution in [0.3, 0.4) is 0 Å². The highest BCUT2D eigenvalue weighted by Crippen LogP contribution is 2.28. The molecule has 0 fully saturated rings. The third-order valence-corrected chi connectivity index (χ3v) is 5.66. The van der Waals surface area contributed by atoms with E-state index in [1.54, 1.807) is 30.3 Å². The topological polar surface area (TPSA) is 87.5 Å². The van der Waals surface area contributed by atoms with E-state index >= 15 is 0 Å². The molecule has 136 valence electrons. The predicted octanol–water partition coefficient (Wildman–Crippen LogP) is 3.28. The maximum atomic E-state index is 13.2. The quantitative estimate of drug-likeness (QED) is 0.550. The molecule has 6 nitrogen and oxygen atoms in total. The zero-order valence-corrected chi connectivity index (χ0v) is 15.5. The number of esters is 1. The maximum absolute atomic E-state index is 13.2. The summed E-state index contributed by atoms with van der Waals surface area (Å²) in [5.41, 5.74) is 1.33. The molecular formula is C19H20N2O4S. The molecule has 0 aliphatic carbocycles. The monoisotopic (exact) mass is 372 g/mol. The van der Waals surface area contributed by atoms with Gasteiger partial charge in [-0.2, -0.15) is 5.26 Å². The summed E-state index contributed by atoms with van der Waals surface area (Å²) >= 11 is 0. The molecule has 7 heteroatoms. The summed E-state index contributed by atoms with van der Waals surface area (Å²) in [4.78, 5) is 12.2. The molecule has 0 heterocycles. The van der Waals surface area contributed by atoms with Crippen molar-refractivity contribution in [1.29, 1.82) is 5.26 Å². The van der Waals surface area contributed by atoms with Gasteiger partial charge in [-0.05, 0) is 37.6 Å². The first-order chi connectivity index (χ1) is 12.4. The Morgan fingerprint density at radius 3 is 2.42 bits per heavy atom. The summed E-state index contributed by atoms with van der Waals surface area (Å²) in [6.45, 7) is 1.95. The van der Waals surface area contributed by atoms with Gasteiger partial charge in [0.15, 0.2) is 0 Å². The van der Waals surface area contributed by atoms with E-state index in [-0.39, 0.29) is 29.1 Å². The summed E-state index contributed by atoms with van der Waals surface area (Å²) in [5, 5.41) is 8.79. The molecule has 0 atom stereocenters. The second kappa shape index (κ2) is 8.50. The number of anilines is 1. The molecule has 0 unspecified atom stereocenters. The summed E-state index contributed by atoms with van der Waals surface area (Å²) in [5.74, 6) is -0.620. The summed E-state index contributed by atoms with van der Waals surface area (Å²) < 4.78 is 32.3. The number of nitriles is 1. The number of rotatable bonds is 7. The number of hydrogen-bond donors (Lipinski definition) is 0. The van der Waals surface area contributed by atoms with Crippen LogP contribution in [0.4, 0.5) is 5.69 Å². The second-order valence-electron chi connectivity index (χ2n) is 5.66. The molecule has 0 spiro atoms. The van der Waals surface area contributed by atoms with Crippen LogP contribution in [0, 0.1) is 18.3 Å². The molecule has 0 radical (unpaired) electrons. The standard InChI is InChI=1S/C19H20N2O4S/c1-15-9-11-16(12-10-15)26(23,24)21(14-6-5-13-20)18-8-4-3-7-17(18)19(22)25-2/h3-4,7-12H,5-6,14H2,1-2H3.